The van der Waals surface area contributed by atoms with Gasteiger partial charge in [0.05, 0.1) is 6.61 Å². The highest BCUT2D eigenvalue weighted by molar-refractivity contribution is 5.47. The molecule has 3 nitrogen and oxygen atoms in total. The molecular formula is C14H21FN2O. The Morgan fingerprint density at radius 2 is 2.39 bits per heavy atom. The minimum absolute atomic E-state index is 0.201. The summed E-state index contributed by atoms with van der Waals surface area (Å²) in [5, 5.41) is 0. The molecule has 18 heavy (non-hydrogen) atoms. The van der Waals surface area contributed by atoms with Crippen molar-refractivity contribution in [1.29, 1.82) is 0 Å². The molecule has 0 radical (unpaired) electrons. The first-order valence-corrected chi connectivity index (χ1v) is 6.48. The van der Waals surface area contributed by atoms with Crippen molar-refractivity contribution in [3.8, 4) is 0 Å². The number of anilines is 1. The molecule has 1 aromatic rings. The second-order valence-electron chi connectivity index (χ2n) is 4.87. The van der Waals surface area contributed by atoms with Crippen LogP contribution >= 0.6 is 0 Å². The van der Waals surface area contributed by atoms with Gasteiger partial charge in [0.25, 0.3) is 0 Å². The van der Waals surface area contributed by atoms with Gasteiger partial charge in [-0.2, -0.15) is 0 Å². The third-order valence-corrected chi connectivity index (χ3v) is 3.69. The molecule has 1 aliphatic rings. The molecule has 4 heteroatoms. The molecule has 0 amide bonds. The maximum Gasteiger partial charge on any atom is 0.125 e. The fourth-order valence-corrected chi connectivity index (χ4v) is 2.62. The number of ether oxygens (including phenoxy) is 1. The van der Waals surface area contributed by atoms with Gasteiger partial charge in [-0.05, 0) is 31.0 Å². The summed E-state index contributed by atoms with van der Waals surface area (Å²) < 4.78 is 18.8. The lowest BCUT2D eigenvalue weighted by Gasteiger charge is -2.37. The Balaban J connectivity index is 2.11. The zero-order valence-corrected chi connectivity index (χ0v) is 10.8. The molecule has 2 unspecified atom stereocenters. The van der Waals surface area contributed by atoms with Crippen molar-refractivity contribution in [2.75, 3.05) is 31.7 Å². The monoisotopic (exact) mass is 252 g/mol. The predicted molar refractivity (Wildman–Crippen MR) is 71.2 cm³/mol. The van der Waals surface area contributed by atoms with E-state index in [1.807, 2.05) is 13.1 Å². The molecule has 1 fully saturated rings. The van der Waals surface area contributed by atoms with Crippen LogP contribution < -0.4 is 10.6 Å². The van der Waals surface area contributed by atoms with Crippen molar-refractivity contribution in [3.63, 3.8) is 0 Å². The van der Waals surface area contributed by atoms with Crippen LogP contribution in [0.5, 0.6) is 0 Å². The second kappa shape index (κ2) is 6.16. The molecule has 2 N–H and O–H groups in total. The lowest BCUT2D eigenvalue weighted by atomic mass is 9.92. The summed E-state index contributed by atoms with van der Waals surface area (Å²) in [6.07, 6.45) is 2.21. The second-order valence-corrected chi connectivity index (χ2v) is 4.87. The number of rotatable bonds is 4. The van der Waals surface area contributed by atoms with Gasteiger partial charge in [-0.15, -0.1) is 0 Å². The highest BCUT2D eigenvalue weighted by atomic mass is 19.1. The van der Waals surface area contributed by atoms with E-state index in [4.69, 9.17) is 10.5 Å². The van der Waals surface area contributed by atoms with Gasteiger partial charge in [-0.1, -0.05) is 6.07 Å². The Labute approximate surface area is 108 Å². The van der Waals surface area contributed by atoms with Crippen LogP contribution in [0.3, 0.4) is 0 Å². The van der Waals surface area contributed by atoms with Crippen LogP contribution in [0.4, 0.5) is 10.1 Å². The topological polar surface area (TPSA) is 38.5 Å². The van der Waals surface area contributed by atoms with Crippen molar-refractivity contribution < 1.29 is 9.13 Å². The van der Waals surface area contributed by atoms with Gasteiger partial charge >= 0.3 is 0 Å². The van der Waals surface area contributed by atoms with Crippen LogP contribution in [0, 0.1) is 11.7 Å². The average molecular weight is 252 g/mol. The van der Waals surface area contributed by atoms with Crippen LogP contribution in [0.15, 0.2) is 24.3 Å². The zero-order chi connectivity index (χ0) is 13.0. The Bertz CT molecular complexity index is 380. The third kappa shape index (κ3) is 3.00. The van der Waals surface area contributed by atoms with E-state index in [-0.39, 0.29) is 11.9 Å². The van der Waals surface area contributed by atoms with Crippen molar-refractivity contribution in [2.24, 2.45) is 11.7 Å². The van der Waals surface area contributed by atoms with Gasteiger partial charge in [0.2, 0.25) is 0 Å². The summed E-state index contributed by atoms with van der Waals surface area (Å²) in [4.78, 5) is 2.07. The van der Waals surface area contributed by atoms with E-state index in [9.17, 15) is 4.39 Å². The highest BCUT2D eigenvalue weighted by Crippen LogP contribution is 2.24. The molecule has 0 aromatic heterocycles. The Morgan fingerprint density at radius 3 is 3.00 bits per heavy atom. The van der Waals surface area contributed by atoms with Crippen molar-refractivity contribution in [1.82, 2.24) is 0 Å². The first-order valence-electron chi connectivity index (χ1n) is 6.48. The number of hydrogen-bond donors (Lipinski definition) is 1. The van der Waals surface area contributed by atoms with Crippen LogP contribution in [0.2, 0.25) is 0 Å². The molecular weight excluding hydrogens is 231 g/mol. The molecule has 100 valence electrons. The zero-order valence-electron chi connectivity index (χ0n) is 10.8. The van der Waals surface area contributed by atoms with Crippen LogP contribution in [-0.2, 0) is 4.74 Å². The lowest BCUT2D eigenvalue weighted by Crippen LogP contribution is -2.46. The molecule has 1 aromatic carbocycles. The molecule has 0 bridgehead atoms. The van der Waals surface area contributed by atoms with Gasteiger partial charge in [0.15, 0.2) is 0 Å². The van der Waals surface area contributed by atoms with Crippen molar-refractivity contribution in [2.45, 2.75) is 18.9 Å². The molecule has 1 aliphatic heterocycles. The van der Waals surface area contributed by atoms with E-state index in [1.54, 1.807) is 12.1 Å². The first-order chi connectivity index (χ1) is 8.72. The Morgan fingerprint density at radius 1 is 1.56 bits per heavy atom. The van der Waals surface area contributed by atoms with E-state index < -0.39 is 0 Å². The van der Waals surface area contributed by atoms with E-state index in [2.05, 4.69) is 4.90 Å². The lowest BCUT2D eigenvalue weighted by molar-refractivity contribution is 0.0453. The van der Waals surface area contributed by atoms with E-state index in [1.165, 1.54) is 6.07 Å². The van der Waals surface area contributed by atoms with Crippen molar-refractivity contribution in [3.05, 3.63) is 30.1 Å². The number of likely N-dealkylation sites (N-methyl/N-ethyl adjacent to an activating group) is 1. The summed E-state index contributed by atoms with van der Waals surface area (Å²) in [5.41, 5.74) is 6.76. The first kappa shape index (κ1) is 13.3. The fourth-order valence-electron chi connectivity index (χ4n) is 2.62. The molecule has 0 saturated carbocycles. The van der Waals surface area contributed by atoms with Crippen LogP contribution in [-0.4, -0.2) is 32.8 Å². The summed E-state index contributed by atoms with van der Waals surface area (Å²) in [6, 6.07) is 6.85. The number of nitrogens with two attached hydrogens (primary N) is 1. The van der Waals surface area contributed by atoms with E-state index in [0.717, 1.165) is 31.7 Å². The Kier molecular flexibility index (Phi) is 4.55. The van der Waals surface area contributed by atoms with Crippen LogP contribution in [0.25, 0.3) is 0 Å². The maximum absolute atomic E-state index is 13.3. The molecule has 1 saturated heterocycles. The SMILES string of the molecule is CN(c1cccc(F)c1)C(CN)C1CCCOC1. The summed E-state index contributed by atoms with van der Waals surface area (Å²) >= 11 is 0. The Hall–Kier alpha value is -1.13. The number of nitrogens with zero attached hydrogens (tertiary/aromatic N) is 1. The van der Waals surface area contributed by atoms with E-state index in [0.29, 0.717) is 12.5 Å². The fraction of sp³-hybridized carbons (Fsp3) is 0.571. The predicted octanol–water partition coefficient (Wildman–Crippen LogP) is 2.02. The summed E-state index contributed by atoms with van der Waals surface area (Å²) in [7, 11) is 1.97. The molecule has 0 aliphatic carbocycles. The number of halogens is 1. The number of benzene rings is 1. The van der Waals surface area contributed by atoms with Crippen LogP contribution in [0.1, 0.15) is 12.8 Å². The standard InChI is InChI=1S/C14H21FN2O/c1-17(13-6-2-5-12(15)8-13)14(9-16)11-4-3-7-18-10-11/h2,5-6,8,11,14H,3-4,7,9-10,16H2,1H3. The minimum Gasteiger partial charge on any atom is -0.381 e. The molecule has 2 atom stereocenters. The van der Waals surface area contributed by atoms with Gasteiger partial charge in [0.1, 0.15) is 5.82 Å². The molecule has 1 heterocycles. The normalized spacial score (nSPS) is 21.6. The van der Waals surface area contributed by atoms with E-state index >= 15 is 0 Å². The molecule has 0 spiro atoms. The average Bonchev–Trinajstić information content (AvgIpc) is 2.41. The van der Waals surface area contributed by atoms with Crippen molar-refractivity contribution >= 4 is 5.69 Å². The summed E-state index contributed by atoms with van der Waals surface area (Å²) in [6.45, 7) is 2.15. The molecule has 2 rings (SSSR count). The van der Waals surface area contributed by atoms with Gasteiger partial charge in [0, 0.05) is 37.8 Å². The van der Waals surface area contributed by atoms with Gasteiger partial charge < -0.3 is 15.4 Å². The summed E-state index contributed by atoms with van der Waals surface area (Å²) in [5.74, 6) is 0.215. The quantitative estimate of drug-likeness (QED) is 0.891. The van der Waals surface area contributed by atoms with Gasteiger partial charge in [-0.3, -0.25) is 0 Å². The highest BCUT2D eigenvalue weighted by Gasteiger charge is 2.26. The smallest absolute Gasteiger partial charge is 0.125 e. The maximum atomic E-state index is 13.3. The third-order valence-electron chi connectivity index (χ3n) is 3.69. The minimum atomic E-state index is -0.213. The van der Waals surface area contributed by atoms with Gasteiger partial charge in [-0.25, -0.2) is 4.39 Å². The largest absolute Gasteiger partial charge is 0.381 e. The number of hydrogen-bond acceptors (Lipinski definition) is 3.